The van der Waals surface area contributed by atoms with Crippen LogP contribution in [-0.4, -0.2) is 39.0 Å². The SMILES string of the molecule is C=C=C1CN(Cc2nc(Nc3ccc(CC)cc3)c3ccc(-c4ncccc4C(F)(F)F)cc3n2)C[C@@H](C)O1. The highest BCUT2D eigenvalue weighted by Gasteiger charge is 2.34. The lowest BCUT2D eigenvalue weighted by Crippen LogP contribution is -2.39. The maximum atomic E-state index is 13.7. The summed E-state index contributed by atoms with van der Waals surface area (Å²) in [6.07, 6.45) is -2.29. The second-order valence-corrected chi connectivity index (χ2v) is 9.49. The highest BCUT2D eigenvalue weighted by Crippen LogP contribution is 2.37. The van der Waals surface area contributed by atoms with Gasteiger partial charge in [0, 0.05) is 29.4 Å². The molecule has 0 bridgehead atoms. The minimum Gasteiger partial charge on any atom is -0.484 e. The Bertz CT molecular complexity index is 1550. The standard InChI is InChI=1S/C30H28F3N5O/c1-4-20-8-11-22(12-9-20)35-29-24-13-10-21(28-25(30(31,32)33)7-6-14-34-28)15-26(24)36-27(37-29)18-38-16-19(3)39-23(5-2)17-38/h6-15,19H,2,4,16-18H2,1,3H3,(H,35,36,37)/t19-/m1/s1. The lowest BCUT2D eigenvalue weighted by molar-refractivity contribution is -0.137. The first-order chi connectivity index (χ1) is 18.7. The van der Waals surface area contributed by atoms with Gasteiger partial charge in [-0.2, -0.15) is 13.2 Å². The maximum absolute atomic E-state index is 13.7. The molecule has 1 atom stereocenters. The van der Waals surface area contributed by atoms with Crippen LogP contribution in [0, 0.1) is 0 Å². The number of nitrogens with zero attached hydrogens (tertiary/aromatic N) is 4. The molecule has 0 saturated carbocycles. The minimum absolute atomic E-state index is 0.0466. The van der Waals surface area contributed by atoms with Crippen molar-refractivity contribution in [2.45, 2.75) is 39.1 Å². The van der Waals surface area contributed by atoms with Crippen LogP contribution in [0.2, 0.25) is 0 Å². The van der Waals surface area contributed by atoms with Crippen molar-refractivity contribution in [3.8, 4) is 11.3 Å². The van der Waals surface area contributed by atoms with E-state index in [1.54, 1.807) is 18.2 Å². The van der Waals surface area contributed by atoms with E-state index in [1.165, 1.54) is 17.8 Å². The Morgan fingerprint density at radius 3 is 2.64 bits per heavy atom. The monoisotopic (exact) mass is 531 g/mol. The van der Waals surface area contributed by atoms with Crippen molar-refractivity contribution in [1.82, 2.24) is 19.9 Å². The molecule has 9 heteroatoms. The van der Waals surface area contributed by atoms with Crippen molar-refractivity contribution in [2.24, 2.45) is 0 Å². The molecular formula is C30H28F3N5O. The average Bonchev–Trinajstić information content (AvgIpc) is 2.92. The van der Waals surface area contributed by atoms with Crippen molar-refractivity contribution in [3.05, 3.63) is 95.8 Å². The molecule has 6 nitrogen and oxygen atoms in total. The van der Waals surface area contributed by atoms with Crippen molar-refractivity contribution >= 4 is 22.4 Å². The molecule has 1 aliphatic rings. The number of benzene rings is 2. The van der Waals surface area contributed by atoms with E-state index in [1.807, 2.05) is 31.2 Å². The fourth-order valence-electron chi connectivity index (χ4n) is 4.68. The Morgan fingerprint density at radius 2 is 1.92 bits per heavy atom. The highest BCUT2D eigenvalue weighted by atomic mass is 19.4. The van der Waals surface area contributed by atoms with Gasteiger partial charge in [-0.1, -0.05) is 37.4 Å². The lowest BCUT2D eigenvalue weighted by atomic mass is 10.0. The molecule has 2 aromatic carbocycles. The van der Waals surface area contributed by atoms with Crippen molar-refractivity contribution < 1.29 is 17.9 Å². The molecule has 0 spiro atoms. The fourth-order valence-corrected chi connectivity index (χ4v) is 4.68. The quantitative estimate of drug-likeness (QED) is 0.273. The van der Waals surface area contributed by atoms with E-state index >= 15 is 0 Å². The third kappa shape index (κ3) is 5.95. The first-order valence-corrected chi connectivity index (χ1v) is 12.7. The Morgan fingerprint density at radius 1 is 1.13 bits per heavy atom. The Labute approximate surface area is 224 Å². The zero-order chi connectivity index (χ0) is 27.6. The van der Waals surface area contributed by atoms with E-state index in [2.05, 4.69) is 34.4 Å². The number of alkyl halides is 3. The number of anilines is 2. The largest absolute Gasteiger partial charge is 0.484 e. The second kappa shape index (κ2) is 10.9. The van der Waals surface area contributed by atoms with E-state index in [-0.39, 0.29) is 11.8 Å². The molecule has 3 heterocycles. The van der Waals surface area contributed by atoms with Gasteiger partial charge in [0.2, 0.25) is 0 Å². The number of aromatic nitrogens is 3. The van der Waals surface area contributed by atoms with Gasteiger partial charge in [-0.25, -0.2) is 9.97 Å². The second-order valence-electron chi connectivity index (χ2n) is 9.49. The van der Waals surface area contributed by atoms with Gasteiger partial charge in [0.25, 0.3) is 0 Å². The predicted octanol–water partition coefficient (Wildman–Crippen LogP) is 6.91. The van der Waals surface area contributed by atoms with E-state index in [4.69, 9.17) is 14.7 Å². The summed E-state index contributed by atoms with van der Waals surface area (Å²) in [6.45, 7) is 9.35. The summed E-state index contributed by atoms with van der Waals surface area (Å²) < 4.78 is 46.9. The van der Waals surface area contributed by atoms with Crippen molar-refractivity contribution in [1.29, 1.82) is 0 Å². The van der Waals surface area contributed by atoms with E-state index < -0.39 is 11.7 Å². The van der Waals surface area contributed by atoms with Crippen LogP contribution in [0.4, 0.5) is 24.7 Å². The van der Waals surface area contributed by atoms with Crippen LogP contribution in [0.3, 0.4) is 0 Å². The number of hydrogen-bond donors (Lipinski definition) is 1. The topological polar surface area (TPSA) is 63.2 Å². The van der Waals surface area contributed by atoms with Crippen LogP contribution in [0.1, 0.15) is 30.8 Å². The first kappa shape index (κ1) is 26.4. The van der Waals surface area contributed by atoms with Gasteiger partial charge in [-0.15, -0.1) is 0 Å². The minimum atomic E-state index is -4.53. The summed E-state index contributed by atoms with van der Waals surface area (Å²) in [6, 6.07) is 15.4. The van der Waals surface area contributed by atoms with Crippen LogP contribution < -0.4 is 5.32 Å². The van der Waals surface area contributed by atoms with Crippen LogP contribution >= 0.6 is 0 Å². The summed E-state index contributed by atoms with van der Waals surface area (Å²) in [5.74, 6) is 1.76. The lowest BCUT2D eigenvalue weighted by Gasteiger charge is -2.32. The molecule has 0 radical (unpaired) electrons. The highest BCUT2D eigenvalue weighted by molar-refractivity contribution is 5.93. The summed E-state index contributed by atoms with van der Waals surface area (Å²) in [5, 5.41) is 4.07. The number of aryl methyl sites for hydroxylation is 1. The molecular weight excluding hydrogens is 503 g/mol. The van der Waals surface area contributed by atoms with Crippen LogP contribution in [0.15, 0.2) is 78.9 Å². The summed E-state index contributed by atoms with van der Waals surface area (Å²) >= 11 is 0. The molecule has 1 aliphatic heterocycles. The Balaban J connectivity index is 1.58. The number of nitrogens with one attached hydrogen (secondary N) is 1. The maximum Gasteiger partial charge on any atom is 0.418 e. The molecule has 0 amide bonds. The molecule has 1 N–H and O–H groups in total. The van der Waals surface area contributed by atoms with Crippen LogP contribution in [0.5, 0.6) is 0 Å². The molecule has 4 aromatic rings. The zero-order valence-corrected chi connectivity index (χ0v) is 21.7. The predicted molar refractivity (Wildman–Crippen MR) is 145 cm³/mol. The first-order valence-electron chi connectivity index (χ1n) is 12.7. The number of ether oxygens (including phenoxy) is 1. The fraction of sp³-hybridized carbons (Fsp3) is 0.267. The van der Waals surface area contributed by atoms with Gasteiger partial charge in [-0.05, 0) is 55.3 Å². The molecule has 1 saturated heterocycles. The molecule has 0 aliphatic carbocycles. The normalized spacial score (nSPS) is 16.1. The van der Waals surface area contributed by atoms with Gasteiger partial charge in [0.15, 0.2) is 5.76 Å². The van der Waals surface area contributed by atoms with Gasteiger partial charge in [-0.3, -0.25) is 9.88 Å². The number of morpholine rings is 1. The summed E-state index contributed by atoms with van der Waals surface area (Å²) in [4.78, 5) is 15.8. The zero-order valence-electron chi connectivity index (χ0n) is 21.7. The molecule has 0 unspecified atom stereocenters. The van der Waals surface area contributed by atoms with E-state index in [0.717, 1.165) is 18.2 Å². The number of pyridine rings is 1. The van der Waals surface area contributed by atoms with Gasteiger partial charge >= 0.3 is 6.18 Å². The Hall–Kier alpha value is -4.20. The number of halogens is 3. The van der Waals surface area contributed by atoms with Crippen molar-refractivity contribution in [2.75, 3.05) is 18.4 Å². The summed E-state index contributed by atoms with van der Waals surface area (Å²) in [5.41, 5.74) is 4.80. The number of fused-ring (bicyclic) bond motifs is 1. The molecule has 5 rings (SSSR count). The molecule has 39 heavy (non-hydrogen) atoms. The molecule has 2 aromatic heterocycles. The summed E-state index contributed by atoms with van der Waals surface area (Å²) in [7, 11) is 0. The molecule has 200 valence electrons. The van der Waals surface area contributed by atoms with Crippen molar-refractivity contribution in [3.63, 3.8) is 0 Å². The smallest absolute Gasteiger partial charge is 0.418 e. The van der Waals surface area contributed by atoms with Crippen LogP contribution in [-0.2, 0) is 23.9 Å². The number of rotatable bonds is 6. The van der Waals surface area contributed by atoms with E-state index in [9.17, 15) is 13.2 Å². The van der Waals surface area contributed by atoms with Gasteiger partial charge in [0.1, 0.15) is 17.7 Å². The Kier molecular flexibility index (Phi) is 7.37. The van der Waals surface area contributed by atoms with Crippen LogP contribution in [0.25, 0.3) is 22.2 Å². The third-order valence-electron chi connectivity index (χ3n) is 6.54. The third-order valence-corrected chi connectivity index (χ3v) is 6.54. The number of hydrogen-bond acceptors (Lipinski definition) is 6. The van der Waals surface area contributed by atoms with Gasteiger partial charge in [0.05, 0.1) is 29.9 Å². The average molecular weight is 532 g/mol. The van der Waals surface area contributed by atoms with Gasteiger partial charge < -0.3 is 10.1 Å². The van der Waals surface area contributed by atoms with E-state index in [0.29, 0.717) is 53.5 Å². The molecule has 1 fully saturated rings.